The quantitative estimate of drug-likeness (QED) is 0.236. The van der Waals surface area contributed by atoms with Gasteiger partial charge in [0.25, 0.3) is 0 Å². The Kier molecular flexibility index (Phi) is 15.4. The molecule has 1 aromatic carbocycles. The van der Waals surface area contributed by atoms with Crippen LogP contribution in [-0.4, -0.2) is 48.3 Å². The van der Waals surface area contributed by atoms with E-state index in [1.165, 1.54) is 20.1 Å². The number of ether oxygens (including phenoxy) is 1. The molecule has 4 rings (SSSR count). The van der Waals surface area contributed by atoms with Crippen LogP contribution in [-0.2, 0) is 9.53 Å². The van der Waals surface area contributed by atoms with E-state index in [1.54, 1.807) is 17.4 Å². The van der Waals surface area contributed by atoms with E-state index in [2.05, 4.69) is 24.5 Å². The van der Waals surface area contributed by atoms with Crippen molar-refractivity contribution in [2.75, 3.05) is 31.2 Å². The van der Waals surface area contributed by atoms with Gasteiger partial charge in [0.1, 0.15) is 5.78 Å². The summed E-state index contributed by atoms with van der Waals surface area (Å²) >= 11 is 1.68. The average molecular weight is 564 g/mol. The third kappa shape index (κ3) is 9.54. The molecule has 2 aromatic heterocycles. The van der Waals surface area contributed by atoms with Crippen LogP contribution in [0.25, 0.3) is 27.2 Å². The zero-order chi connectivity index (χ0) is 30.2. The number of carbonyl (C=O) groups is 1. The number of Topliss-reactive ketones (excluding diaryl/α,β-unsaturated/α-hetero) is 1. The van der Waals surface area contributed by atoms with E-state index in [0.717, 1.165) is 56.3 Å². The molecule has 1 saturated heterocycles. The van der Waals surface area contributed by atoms with E-state index in [0.29, 0.717) is 24.7 Å². The Morgan fingerprint density at radius 1 is 1.07 bits per heavy atom. The van der Waals surface area contributed by atoms with Crippen molar-refractivity contribution in [2.45, 2.75) is 55.4 Å². The van der Waals surface area contributed by atoms with Crippen LogP contribution in [0, 0.1) is 5.41 Å². The molecule has 1 fully saturated rings. The Hall–Kier alpha value is -3.62. The summed E-state index contributed by atoms with van der Waals surface area (Å²) in [6.07, 6.45) is 5.09. The molecule has 0 radical (unpaired) electrons. The topological polar surface area (TPSA) is 105 Å². The maximum atomic E-state index is 9.44. The summed E-state index contributed by atoms with van der Waals surface area (Å²) in [5.74, 6) is 1.72. The van der Waals surface area contributed by atoms with E-state index < -0.39 is 0 Å². The summed E-state index contributed by atoms with van der Waals surface area (Å²) in [5.41, 5.74) is 11.5. The van der Waals surface area contributed by atoms with Crippen LogP contribution in [0.4, 0.5) is 5.82 Å². The van der Waals surface area contributed by atoms with Crippen molar-refractivity contribution < 1.29 is 9.53 Å². The minimum absolute atomic E-state index is 0.167. The van der Waals surface area contributed by atoms with E-state index in [9.17, 15) is 4.79 Å². The third-order valence-electron chi connectivity index (χ3n) is 5.54. The molecule has 0 atom stereocenters. The molecule has 3 heterocycles. The number of ketones is 1. The highest BCUT2D eigenvalue weighted by Gasteiger charge is 2.21. The SMILES string of the molecule is C=C/C(C)=C(N)\C=C(/C)c1cc2nc(-c3ccccc3C=N)nc(N3CCOCC3)c2s1.CC.CC.CC(C)=O. The molecule has 1 aliphatic heterocycles. The number of nitrogens with two attached hydrogens (primary N) is 1. The summed E-state index contributed by atoms with van der Waals surface area (Å²) in [4.78, 5) is 22.7. The molecule has 7 nitrogen and oxygen atoms in total. The van der Waals surface area contributed by atoms with Crippen LogP contribution < -0.4 is 10.6 Å². The van der Waals surface area contributed by atoms with Crippen molar-refractivity contribution in [1.82, 2.24) is 9.97 Å². The minimum Gasteiger partial charge on any atom is -0.399 e. The standard InChI is InChI=1S/C25H27N5OS.C3H6O.2C2H6/c1-4-16(2)20(27)13-17(3)22-14-21-23(32-22)25(30-9-11-31-12-10-30)29-24(28-21)19-8-6-5-7-18(19)15-26;1-3(2)4;2*1-2/h4-8,13-15,26H,1,9-12,27H2,2-3H3;1-2H3;2*1-2H3/b17-13+,20-16+,26-15?;;;. The predicted octanol–water partition coefficient (Wildman–Crippen LogP) is 7.66. The number of thiophene rings is 1. The molecule has 216 valence electrons. The number of hydrogen-bond donors (Lipinski definition) is 2. The number of aromatic nitrogens is 2. The highest BCUT2D eigenvalue weighted by molar-refractivity contribution is 7.20. The van der Waals surface area contributed by atoms with E-state index >= 15 is 0 Å². The first kappa shape index (κ1) is 34.4. The molecule has 3 N–H and O–H groups in total. The number of rotatable bonds is 6. The molecule has 40 heavy (non-hydrogen) atoms. The Morgan fingerprint density at radius 2 is 1.68 bits per heavy atom. The van der Waals surface area contributed by atoms with Crippen LogP contribution in [0.5, 0.6) is 0 Å². The molecule has 0 aliphatic carbocycles. The van der Waals surface area contributed by atoms with Gasteiger partial charge in [0.05, 0.1) is 23.4 Å². The number of morpholine rings is 1. The number of anilines is 1. The number of nitrogens with zero attached hydrogens (tertiary/aromatic N) is 3. The van der Waals surface area contributed by atoms with Gasteiger partial charge in [-0.05, 0) is 51.0 Å². The highest BCUT2D eigenvalue weighted by Crippen LogP contribution is 2.37. The summed E-state index contributed by atoms with van der Waals surface area (Å²) in [6.45, 7) is 21.8. The van der Waals surface area contributed by atoms with Gasteiger partial charge >= 0.3 is 0 Å². The molecule has 0 saturated carbocycles. The van der Waals surface area contributed by atoms with Crippen LogP contribution in [0.15, 0.2) is 60.3 Å². The van der Waals surface area contributed by atoms with Crippen molar-refractivity contribution in [2.24, 2.45) is 5.73 Å². The van der Waals surface area contributed by atoms with Crippen molar-refractivity contribution >= 4 is 44.9 Å². The van der Waals surface area contributed by atoms with Crippen LogP contribution in [0.1, 0.15) is 65.8 Å². The first-order valence-electron chi connectivity index (χ1n) is 13.7. The van der Waals surface area contributed by atoms with Crippen LogP contribution in [0.2, 0.25) is 0 Å². The second-order valence-electron chi connectivity index (χ2n) is 8.60. The summed E-state index contributed by atoms with van der Waals surface area (Å²) < 4.78 is 6.61. The lowest BCUT2D eigenvalue weighted by Crippen LogP contribution is -2.36. The monoisotopic (exact) mass is 563 g/mol. The predicted molar refractivity (Wildman–Crippen MR) is 174 cm³/mol. The van der Waals surface area contributed by atoms with Crippen molar-refractivity contribution in [3.05, 3.63) is 70.8 Å². The molecule has 0 amide bonds. The number of allylic oxidation sites excluding steroid dienone is 4. The molecule has 0 bridgehead atoms. The van der Waals surface area contributed by atoms with Crippen molar-refractivity contribution in [3.8, 4) is 11.4 Å². The molecule has 8 heteroatoms. The average Bonchev–Trinajstić information content (AvgIpc) is 3.43. The number of carbonyl (C=O) groups excluding carboxylic acids is 1. The van der Waals surface area contributed by atoms with E-state index in [-0.39, 0.29) is 5.78 Å². The van der Waals surface area contributed by atoms with Gasteiger partial charge in [0.15, 0.2) is 11.6 Å². The second kappa shape index (κ2) is 17.9. The first-order chi connectivity index (χ1) is 19.2. The summed E-state index contributed by atoms with van der Waals surface area (Å²) in [6, 6.07) is 9.85. The Labute approximate surface area is 244 Å². The highest BCUT2D eigenvalue weighted by atomic mass is 32.1. The number of benzene rings is 1. The van der Waals surface area contributed by atoms with E-state index in [4.69, 9.17) is 25.8 Å². The normalized spacial score (nSPS) is 13.4. The van der Waals surface area contributed by atoms with Gasteiger partial charge in [-0.25, -0.2) is 9.97 Å². The molecule has 0 unspecified atom stereocenters. The molecule has 1 aliphatic rings. The Morgan fingerprint density at radius 3 is 2.25 bits per heavy atom. The van der Waals surface area contributed by atoms with Crippen LogP contribution >= 0.6 is 11.3 Å². The number of fused-ring (bicyclic) bond motifs is 1. The fourth-order valence-corrected chi connectivity index (χ4v) is 4.67. The zero-order valence-corrected chi connectivity index (χ0v) is 26.1. The van der Waals surface area contributed by atoms with Gasteiger partial charge in [-0.3, -0.25) is 0 Å². The summed E-state index contributed by atoms with van der Waals surface area (Å²) in [5, 5.41) is 7.79. The van der Waals surface area contributed by atoms with Gasteiger partial charge < -0.3 is 25.6 Å². The van der Waals surface area contributed by atoms with Gasteiger partial charge in [-0.1, -0.05) is 64.6 Å². The molecular weight excluding hydrogens is 518 g/mol. The smallest absolute Gasteiger partial charge is 0.162 e. The molecule has 0 spiro atoms. The van der Waals surface area contributed by atoms with Gasteiger partial charge in [-0.15, -0.1) is 11.3 Å². The lowest BCUT2D eigenvalue weighted by molar-refractivity contribution is -0.114. The van der Waals surface area contributed by atoms with Crippen molar-refractivity contribution in [3.63, 3.8) is 0 Å². The Bertz CT molecular complexity index is 1330. The molecule has 3 aromatic rings. The largest absolute Gasteiger partial charge is 0.399 e. The van der Waals surface area contributed by atoms with Gasteiger partial charge in [0, 0.05) is 41.0 Å². The zero-order valence-electron chi connectivity index (χ0n) is 25.3. The summed E-state index contributed by atoms with van der Waals surface area (Å²) in [7, 11) is 0. The molecular formula is C32H45N5O2S. The lowest BCUT2D eigenvalue weighted by atomic mass is 10.1. The first-order valence-corrected chi connectivity index (χ1v) is 14.6. The van der Waals surface area contributed by atoms with Gasteiger partial charge in [-0.2, -0.15) is 0 Å². The Balaban J connectivity index is 0.000000902. The minimum atomic E-state index is 0.167. The fraction of sp³-hybridized carbons (Fsp3) is 0.375. The van der Waals surface area contributed by atoms with Gasteiger partial charge in [0.2, 0.25) is 0 Å². The lowest BCUT2D eigenvalue weighted by Gasteiger charge is -2.28. The third-order valence-corrected chi connectivity index (χ3v) is 6.80. The van der Waals surface area contributed by atoms with Crippen molar-refractivity contribution in [1.29, 1.82) is 5.41 Å². The number of nitrogens with one attached hydrogen (secondary N) is 1. The van der Waals surface area contributed by atoms with E-state index in [1.807, 2.05) is 65.0 Å². The second-order valence-corrected chi connectivity index (χ2v) is 9.66. The van der Waals surface area contributed by atoms with Crippen LogP contribution in [0.3, 0.4) is 0 Å². The number of hydrogen-bond acceptors (Lipinski definition) is 8. The maximum Gasteiger partial charge on any atom is 0.162 e. The fourth-order valence-electron chi connectivity index (χ4n) is 3.58. The maximum absolute atomic E-state index is 9.44.